The van der Waals surface area contributed by atoms with E-state index in [0.29, 0.717) is 12.1 Å². The number of hydrogen-bond acceptors (Lipinski definition) is 4. The maximum atomic E-state index is 12.1. The number of piperidine rings is 1. The molecule has 0 spiro atoms. The van der Waals surface area contributed by atoms with Gasteiger partial charge in [0.2, 0.25) is 5.91 Å². The largest absolute Gasteiger partial charge is 0.369 e. The minimum absolute atomic E-state index is 0.0155. The molecule has 2 atom stereocenters. The minimum atomic E-state index is 0.0155. The van der Waals surface area contributed by atoms with E-state index in [2.05, 4.69) is 62.7 Å². The quantitative estimate of drug-likeness (QED) is 0.526. The molecule has 3 rings (SSSR count). The topological polar surface area (TPSA) is 63.2 Å². The van der Waals surface area contributed by atoms with E-state index in [1.165, 1.54) is 25.1 Å². The Morgan fingerprint density at radius 2 is 1.93 bits per heavy atom. The van der Waals surface area contributed by atoms with Gasteiger partial charge in [-0.25, -0.2) is 4.99 Å². The third-order valence-corrected chi connectivity index (χ3v) is 6.17. The van der Waals surface area contributed by atoms with Crippen LogP contribution >= 0.6 is 0 Å². The number of carbonyl (C=O) groups excluding carboxylic acids is 1. The number of likely N-dealkylation sites (tertiary alicyclic amines) is 1. The van der Waals surface area contributed by atoms with E-state index in [1.807, 2.05) is 0 Å². The first-order valence-corrected chi connectivity index (χ1v) is 11.4. The average molecular weight is 415 g/mol. The SMILES string of the molecule is CCN1CCCC1CNC(=NCC(=O)N(C)C)NC1CCCN(c2ccccc2)C1. The lowest BCUT2D eigenvalue weighted by Gasteiger charge is -2.35. The molecule has 1 aromatic rings. The number of benzene rings is 1. The summed E-state index contributed by atoms with van der Waals surface area (Å²) in [7, 11) is 3.55. The van der Waals surface area contributed by atoms with Gasteiger partial charge in [-0.15, -0.1) is 0 Å². The van der Waals surface area contributed by atoms with Crippen LogP contribution in [-0.2, 0) is 4.79 Å². The number of nitrogens with one attached hydrogen (secondary N) is 2. The van der Waals surface area contributed by atoms with Gasteiger partial charge in [-0.2, -0.15) is 0 Å². The second-order valence-electron chi connectivity index (χ2n) is 8.52. The van der Waals surface area contributed by atoms with E-state index < -0.39 is 0 Å². The Morgan fingerprint density at radius 3 is 2.67 bits per heavy atom. The Kier molecular flexibility index (Phi) is 8.37. The van der Waals surface area contributed by atoms with Crippen LogP contribution in [-0.4, -0.2) is 87.1 Å². The highest BCUT2D eigenvalue weighted by molar-refractivity contribution is 5.85. The van der Waals surface area contributed by atoms with Gasteiger partial charge in [0.1, 0.15) is 6.54 Å². The second-order valence-corrected chi connectivity index (χ2v) is 8.52. The summed E-state index contributed by atoms with van der Waals surface area (Å²) in [4.78, 5) is 23.2. The number of hydrogen-bond donors (Lipinski definition) is 2. The molecule has 1 aromatic carbocycles. The smallest absolute Gasteiger partial charge is 0.243 e. The Morgan fingerprint density at radius 1 is 1.17 bits per heavy atom. The molecule has 2 N–H and O–H groups in total. The lowest BCUT2D eigenvalue weighted by atomic mass is 10.0. The van der Waals surface area contributed by atoms with Crippen LogP contribution in [0.4, 0.5) is 5.69 Å². The maximum absolute atomic E-state index is 12.1. The fourth-order valence-electron chi connectivity index (χ4n) is 4.36. The van der Waals surface area contributed by atoms with Gasteiger partial charge >= 0.3 is 0 Å². The summed E-state index contributed by atoms with van der Waals surface area (Å²) in [5, 5.41) is 7.14. The number of anilines is 1. The third-order valence-electron chi connectivity index (χ3n) is 6.17. The zero-order valence-electron chi connectivity index (χ0n) is 18.8. The highest BCUT2D eigenvalue weighted by Gasteiger charge is 2.24. The Bertz CT molecular complexity index is 692. The Hall–Kier alpha value is -2.28. The van der Waals surface area contributed by atoms with Crippen molar-refractivity contribution >= 4 is 17.6 Å². The number of nitrogens with zero attached hydrogens (tertiary/aromatic N) is 4. The first kappa shape index (κ1) is 22.4. The van der Waals surface area contributed by atoms with Gasteiger partial charge in [-0.1, -0.05) is 25.1 Å². The van der Waals surface area contributed by atoms with E-state index in [1.54, 1.807) is 19.0 Å². The van der Waals surface area contributed by atoms with Crippen LogP contribution in [0.1, 0.15) is 32.6 Å². The number of guanidine groups is 1. The van der Waals surface area contributed by atoms with Crippen molar-refractivity contribution < 1.29 is 4.79 Å². The molecule has 166 valence electrons. The molecule has 0 saturated carbocycles. The number of rotatable bonds is 7. The lowest BCUT2D eigenvalue weighted by Crippen LogP contribution is -2.53. The van der Waals surface area contributed by atoms with Crippen LogP contribution in [0.5, 0.6) is 0 Å². The molecule has 30 heavy (non-hydrogen) atoms. The molecule has 7 nitrogen and oxygen atoms in total. The number of para-hydroxylation sites is 1. The van der Waals surface area contributed by atoms with Gasteiger partial charge in [0.15, 0.2) is 5.96 Å². The highest BCUT2D eigenvalue weighted by Crippen LogP contribution is 2.19. The molecular formula is C23H38N6O. The molecule has 0 aromatic heterocycles. The first-order valence-electron chi connectivity index (χ1n) is 11.4. The van der Waals surface area contributed by atoms with E-state index in [0.717, 1.165) is 45.0 Å². The zero-order chi connectivity index (χ0) is 21.3. The Balaban J connectivity index is 1.62. The van der Waals surface area contributed by atoms with Crippen LogP contribution in [0.3, 0.4) is 0 Å². The summed E-state index contributed by atoms with van der Waals surface area (Å²) in [5.74, 6) is 0.773. The molecule has 2 saturated heterocycles. The molecule has 2 heterocycles. The molecular weight excluding hydrogens is 376 g/mol. The van der Waals surface area contributed by atoms with Gasteiger partial charge in [-0.3, -0.25) is 9.69 Å². The van der Waals surface area contributed by atoms with Crippen LogP contribution in [0.2, 0.25) is 0 Å². The molecule has 2 aliphatic heterocycles. The van der Waals surface area contributed by atoms with Crippen molar-refractivity contribution in [1.29, 1.82) is 0 Å². The van der Waals surface area contributed by atoms with Crippen LogP contribution in [0.15, 0.2) is 35.3 Å². The fraction of sp³-hybridized carbons (Fsp3) is 0.652. The summed E-state index contributed by atoms with van der Waals surface area (Å²) in [6.07, 6.45) is 4.72. The molecule has 7 heteroatoms. The second kappa shape index (κ2) is 11.2. The summed E-state index contributed by atoms with van der Waals surface area (Å²) in [6, 6.07) is 11.4. The van der Waals surface area contributed by atoms with Crippen molar-refractivity contribution in [3.05, 3.63) is 30.3 Å². The third kappa shape index (κ3) is 6.36. The first-order chi connectivity index (χ1) is 14.6. The predicted molar refractivity (Wildman–Crippen MR) is 124 cm³/mol. The van der Waals surface area contributed by atoms with E-state index >= 15 is 0 Å². The number of amides is 1. The predicted octanol–water partition coefficient (Wildman–Crippen LogP) is 1.76. The number of likely N-dealkylation sites (N-methyl/N-ethyl adjacent to an activating group) is 2. The number of carbonyl (C=O) groups is 1. The number of aliphatic imine (C=N–C) groups is 1. The average Bonchev–Trinajstić information content (AvgIpc) is 3.23. The van der Waals surface area contributed by atoms with E-state index in [9.17, 15) is 4.79 Å². The molecule has 1 amide bonds. The molecule has 2 aliphatic rings. The molecule has 0 radical (unpaired) electrons. The van der Waals surface area contributed by atoms with Gasteiger partial charge in [0.25, 0.3) is 0 Å². The van der Waals surface area contributed by atoms with Crippen LogP contribution in [0, 0.1) is 0 Å². The molecule has 2 unspecified atom stereocenters. The summed E-state index contributed by atoms with van der Waals surface area (Å²) in [5.41, 5.74) is 1.27. The van der Waals surface area contributed by atoms with Gasteiger partial charge in [0.05, 0.1) is 0 Å². The summed E-state index contributed by atoms with van der Waals surface area (Å²) >= 11 is 0. The van der Waals surface area contributed by atoms with Crippen molar-refractivity contribution in [2.24, 2.45) is 4.99 Å². The van der Waals surface area contributed by atoms with Crippen molar-refractivity contribution in [2.45, 2.75) is 44.7 Å². The monoisotopic (exact) mass is 414 g/mol. The van der Waals surface area contributed by atoms with Crippen molar-refractivity contribution in [1.82, 2.24) is 20.4 Å². The minimum Gasteiger partial charge on any atom is -0.369 e. The van der Waals surface area contributed by atoms with Crippen molar-refractivity contribution in [3.63, 3.8) is 0 Å². The van der Waals surface area contributed by atoms with Crippen LogP contribution in [0.25, 0.3) is 0 Å². The van der Waals surface area contributed by atoms with E-state index in [4.69, 9.17) is 0 Å². The molecule has 0 bridgehead atoms. The standard InChI is InChI=1S/C23H38N6O/c1-4-28-14-9-13-21(28)16-24-23(25-17-22(30)27(2)3)26-19-10-8-15-29(18-19)20-11-6-5-7-12-20/h5-7,11-12,19,21H,4,8-10,13-18H2,1-3H3,(H2,24,25,26). The van der Waals surface area contributed by atoms with Gasteiger partial charge in [0, 0.05) is 51.5 Å². The van der Waals surface area contributed by atoms with Crippen molar-refractivity contribution in [3.8, 4) is 0 Å². The zero-order valence-corrected chi connectivity index (χ0v) is 18.8. The molecule has 2 fully saturated rings. The van der Waals surface area contributed by atoms with Crippen LogP contribution < -0.4 is 15.5 Å². The maximum Gasteiger partial charge on any atom is 0.243 e. The fourth-order valence-corrected chi connectivity index (χ4v) is 4.36. The van der Waals surface area contributed by atoms with Gasteiger partial charge in [-0.05, 0) is 50.9 Å². The molecule has 0 aliphatic carbocycles. The summed E-state index contributed by atoms with van der Waals surface area (Å²) < 4.78 is 0. The van der Waals surface area contributed by atoms with Gasteiger partial charge < -0.3 is 20.4 Å². The normalized spacial score (nSPS) is 22.8. The summed E-state index contributed by atoms with van der Waals surface area (Å²) in [6.45, 7) is 7.54. The van der Waals surface area contributed by atoms with Crippen molar-refractivity contribution in [2.75, 3.05) is 58.3 Å². The lowest BCUT2D eigenvalue weighted by molar-refractivity contribution is -0.127. The highest BCUT2D eigenvalue weighted by atomic mass is 16.2. The van der Waals surface area contributed by atoms with E-state index in [-0.39, 0.29) is 12.5 Å². The Labute approximate surface area is 181 Å².